The maximum atomic E-state index is 13.8. The zero-order chi connectivity index (χ0) is 26.1. The van der Waals surface area contributed by atoms with Crippen LogP contribution in [-0.2, 0) is 32.0 Å². The molecule has 8 heteroatoms. The highest BCUT2D eigenvalue weighted by atomic mass is 32.2. The minimum Gasteiger partial charge on any atom is -0.207 e. The summed E-state index contributed by atoms with van der Waals surface area (Å²) in [5.74, 6) is 0.325. The van der Waals surface area contributed by atoms with Crippen molar-refractivity contribution in [2.45, 2.75) is 94.0 Å². The minimum absolute atomic E-state index is 0.0318. The minimum atomic E-state index is -3.79. The lowest BCUT2D eigenvalue weighted by atomic mass is 9.87. The average Bonchev–Trinajstić information content (AvgIpc) is 3.37. The number of piperidine rings is 1. The van der Waals surface area contributed by atoms with Crippen LogP contribution in [0.1, 0.15) is 77.3 Å². The molecule has 1 saturated carbocycles. The van der Waals surface area contributed by atoms with Crippen molar-refractivity contribution in [3.63, 3.8) is 0 Å². The molecule has 2 aromatic carbocycles. The second-order valence-corrected chi connectivity index (χ2v) is 15.3. The van der Waals surface area contributed by atoms with Gasteiger partial charge < -0.3 is 0 Å². The molecule has 1 aliphatic carbocycles. The summed E-state index contributed by atoms with van der Waals surface area (Å²) in [7, 11) is -7.43. The zero-order valence-corrected chi connectivity index (χ0v) is 23.6. The number of benzene rings is 2. The predicted octanol–water partition coefficient (Wildman–Crippen LogP) is 5.54. The van der Waals surface area contributed by atoms with Gasteiger partial charge in [0.25, 0.3) is 0 Å². The summed E-state index contributed by atoms with van der Waals surface area (Å²) in [5, 5.41) is 0. The molecule has 1 aliphatic heterocycles. The molecular formula is C28H40N2O4S2. The summed E-state index contributed by atoms with van der Waals surface area (Å²) >= 11 is 0. The Morgan fingerprint density at radius 1 is 0.833 bits per heavy atom. The van der Waals surface area contributed by atoms with Gasteiger partial charge in [0.05, 0.1) is 9.79 Å². The van der Waals surface area contributed by atoms with E-state index in [4.69, 9.17) is 0 Å². The van der Waals surface area contributed by atoms with Gasteiger partial charge in [-0.2, -0.15) is 8.61 Å². The van der Waals surface area contributed by atoms with Crippen molar-refractivity contribution in [1.29, 1.82) is 0 Å². The van der Waals surface area contributed by atoms with E-state index < -0.39 is 20.0 Å². The van der Waals surface area contributed by atoms with E-state index in [1.165, 1.54) is 34.1 Å². The first-order chi connectivity index (χ1) is 16.9. The molecule has 1 saturated heterocycles. The normalized spacial score (nSPS) is 20.8. The Labute approximate surface area is 217 Å². The van der Waals surface area contributed by atoms with Crippen LogP contribution in [0.25, 0.3) is 0 Å². The Kier molecular flexibility index (Phi) is 8.01. The van der Waals surface area contributed by atoms with Crippen molar-refractivity contribution in [3.05, 3.63) is 59.7 Å². The van der Waals surface area contributed by atoms with E-state index in [2.05, 4.69) is 39.8 Å². The molecule has 0 radical (unpaired) electrons. The molecule has 0 aromatic heterocycles. The summed E-state index contributed by atoms with van der Waals surface area (Å²) in [6, 6.07) is 14.0. The van der Waals surface area contributed by atoms with E-state index in [0.29, 0.717) is 25.6 Å². The molecule has 1 atom stereocenters. The number of sulfonamides is 2. The molecule has 1 heterocycles. The summed E-state index contributed by atoms with van der Waals surface area (Å²) < 4.78 is 57.1. The van der Waals surface area contributed by atoms with Crippen LogP contribution in [0.5, 0.6) is 0 Å². The lowest BCUT2D eigenvalue weighted by Crippen LogP contribution is -2.39. The number of rotatable bonds is 7. The Morgan fingerprint density at radius 2 is 1.42 bits per heavy atom. The van der Waals surface area contributed by atoms with Crippen molar-refractivity contribution in [2.24, 2.45) is 5.92 Å². The molecule has 0 unspecified atom stereocenters. The lowest BCUT2D eigenvalue weighted by Gasteiger charge is -2.30. The summed E-state index contributed by atoms with van der Waals surface area (Å²) in [6.07, 6.45) is 5.60. The number of hydrogen-bond donors (Lipinski definition) is 0. The summed E-state index contributed by atoms with van der Waals surface area (Å²) in [5.41, 5.74) is 2.20. The third-order valence-electron chi connectivity index (χ3n) is 7.58. The largest absolute Gasteiger partial charge is 0.243 e. The Bertz CT molecular complexity index is 1240. The SMILES string of the molecule is C[C@@H]1CCCN(S(=O)(=O)c2ccc(S(=O)(=O)N(Cc3ccc(C(C)(C)C)cc3)C3CCCC3)cc2)C1. The predicted molar refractivity (Wildman–Crippen MR) is 144 cm³/mol. The van der Waals surface area contributed by atoms with Gasteiger partial charge in [-0.05, 0) is 72.4 Å². The molecule has 6 nitrogen and oxygen atoms in total. The van der Waals surface area contributed by atoms with Crippen molar-refractivity contribution >= 4 is 20.0 Å². The van der Waals surface area contributed by atoms with Gasteiger partial charge in [0.1, 0.15) is 0 Å². The molecule has 36 heavy (non-hydrogen) atoms. The molecule has 0 N–H and O–H groups in total. The fourth-order valence-corrected chi connectivity index (χ4v) is 8.60. The van der Waals surface area contributed by atoms with E-state index >= 15 is 0 Å². The smallest absolute Gasteiger partial charge is 0.207 e. The molecule has 4 rings (SSSR count). The Balaban J connectivity index is 1.59. The van der Waals surface area contributed by atoms with Crippen LogP contribution in [0.15, 0.2) is 58.3 Å². The van der Waals surface area contributed by atoms with Gasteiger partial charge in [-0.1, -0.05) is 64.8 Å². The maximum Gasteiger partial charge on any atom is 0.243 e. The number of nitrogens with zero attached hydrogens (tertiary/aromatic N) is 2. The summed E-state index contributed by atoms with van der Waals surface area (Å²) in [4.78, 5) is 0.299. The molecule has 2 fully saturated rings. The van der Waals surface area contributed by atoms with Crippen LogP contribution < -0.4 is 0 Å². The van der Waals surface area contributed by atoms with Gasteiger partial charge in [-0.25, -0.2) is 16.8 Å². The fraction of sp³-hybridized carbons (Fsp3) is 0.571. The molecule has 0 bridgehead atoms. The second-order valence-electron chi connectivity index (χ2n) is 11.5. The van der Waals surface area contributed by atoms with Gasteiger partial charge >= 0.3 is 0 Å². The highest BCUT2D eigenvalue weighted by Crippen LogP contribution is 2.32. The number of hydrogen-bond acceptors (Lipinski definition) is 4. The second kappa shape index (κ2) is 10.6. The zero-order valence-electron chi connectivity index (χ0n) is 22.0. The third-order valence-corrected chi connectivity index (χ3v) is 11.4. The molecule has 198 valence electrons. The van der Waals surface area contributed by atoms with Crippen molar-refractivity contribution < 1.29 is 16.8 Å². The van der Waals surface area contributed by atoms with Gasteiger partial charge in [0.15, 0.2) is 0 Å². The van der Waals surface area contributed by atoms with Gasteiger partial charge in [-0.3, -0.25) is 0 Å². The van der Waals surface area contributed by atoms with Crippen LogP contribution in [0, 0.1) is 5.92 Å². The first kappa shape index (κ1) is 27.3. The quantitative estimate of drug-likeness (QED) is 0.469. The average molecular weight is 533 g/mol. The van der Waals surface area contributed by atoms with Crippen LogP contribution >= 0.6 is 0 Å². The first-order valence-corrected chi connectivity index (χ1v) is 16.0. The van der Waals surface area contributed by atoms with Crippen molar-refractivity contribution in [3.8, 4) is 0 Å². The maximum absolute atomic E-state index is 13.8. The third kappa shape index (κ3) is 5.87. The highest BCUT2D eigenvalue weighted by molar-refractivity contribution is 7.89. The van der Waals surface area contributed by atoms with Crippen molar-refractivity contribution in [2.75, 3.05) is 13.1 Å². The van der Waals surface area contributed by atoms with E-state index in [-0.39, 0.29) is 21.2 Å². The monoisotopic (exact) mass is 532 g/mol. The molecule has 2 aliphatic rings. The van der Waals surface area contributed by atoms with Crippen LogP contribution in [0.2, 0.25) is 0 Å². The molecule has 0 spiro atoms. The topological polar surface area (TPSA) is 74.8 Å². The van der Waals surface area contributed by atoms with Gasteiger partial charge in [0, 0.05) is 25.7 Å². The van der Waals surface area contributed by atoms with E-state index in [1.807, 2.05) is 12.1 Å². The van der Waals surface area contributed by atoms with E-state index in [1.54, 1.807) is 4.31 Å². The Hall–Kier alpha value is -1.74. The standard InChI is InChI=1S/C28H40N2O4S2/c1-22-8-7-19-29(20-22)35(31,32)26-15-17-27(18-16-26)36(33,34)30(25-9-5-6-10-25)21-23-11-13-24(14-12-23)28(2,3)4/h11-18,22,25H,5-10,19-21H2,1-4H3/t22-/m1/s1. The van der Waals surface area contributed by atoms with Gasteiger partial charge in [0.2, 0.25) is 20.0 Å². The van der Waals surface area contributed by atoms with Crippen molar-refractivity contribution in [1.82, 2.24) is 8.61 Å². The fourth-order valence-electron chi connectivity index (χ4n) is 5.33. The van der Waals surface area contributed by atoms with E-state index in [0.717, 1.165) is 44.1 Å². The lowest BCUT2D eigenvalue weighted by molar-refractivity contribution is 0.281. The van der Waals surface area contributed by atoms with Crippen LogP contribution in [0.3, 0.4) is 0 Å². The first-order valence-electron chi connectivity index (χ1n) is 13.1. The van der Waals surface area contributed by atoms with Gasteiger partial charge in [-0.15, -0.1) is 0 Å². The summed E-state index contributed by atoms with van der Waals surface area (Å²) in [6.45, 7) is 9.86. The highest BCUT2D eigenvalue weighted by Gasteiger charge is 2.34. The van der Waals surface area contributed by atoms with Crippen LogP contribution in [-0.4, -0.2) is 44.6 Å². The molecule has 0 amide bonds. The molecule has 2 aromatic rings. The molecular weight excluding hydrogens is 492 g/mol. The van der Waals surface area contributed by atoms with E-state index in [9.17, 15) is 16.8 Å². The Morgan fingerprint density at radius 3 is 1.97 bits per heavy atom. The van der Waals surface area contributed by atoms with Crippen LogP contribution in [0.4, 0.5) is 0 Å².